The fourth-order valence-electron chi connectivity index (χ4n) is 2.26. The predicted octanol–water partition coefficient (Wildman–Crippen LogP) is 3.78. The van der Waals surface area contributed by atoms with Crippen LogP contribution in [-0.4, -0.2) is 6.54 Å². The molecule has 1 atom stereocenters. The molecule has 0 aliphatic rings. The van der Waals surface area contributed by atoms with Gasteiger partial charge in [0.25, 0.3) is 0 Å². The van der Waals surface area contributed by atoms with E-state index in [1.807, 2.05) is 44.2 Å². The summed E-state index contributed by atoms with van der Waals surface area (Å²) in [4.78, 5) is 0. The predicted molar refractivity (Wildman–Crippen MR) is 79.2 cm³/mol. The lowest BCUT2D eigenvalue weighted by Crippen LogP contribution is -2.32. The van der Waals surface area contributed by atoms with Gasteiger partial charge in [0, 0.05) is 6.42 Å². The maximum Gasteiger partial charge on any atom is 0.132 e. The zero-order valence-corrected chi connectivity index (χ0v) is 11.9. The first-order valence-electron chi connectivity index (χ1n) is 6.76. The van der Waals surface area contributed by atoms with E-state index < -0.39 is 5.60 Å². The Kier molecular flexibility index (Phi) is 4.40. The number of para-hydroxylation sites is 1. The van der Waals surface area contributed by atoms with Crippen molar-refractivity contribution in [2.75, 3.05) is 6.54 Å². The topological polar surface area (TPSA) is 35.2 Å². The lowest BCUT2D eigenvalue weighted by Gasteiger charge is -2.31. The van der Waals surface area contributed by atoms with E-state index in [0.29, 0.717) is 13.0 Å². The van der Waals surface area contributed by atoms with E-state index in [1.165, 1.54) is 12.1 Å². The van der Waals surface area contributed by atoms with Gasteiger partial charge < -0.3 is 10.5 Å². The molecule has 0 fully saturated rings. The summed E-state index contributed by atoms with van der Waals surface area (Å²) in [6.07, 6.45) is 0.616. The van der Waals surface area contributed by atoms with Gasteiger partial charge in [0.05, 0.1) is 0 Å². The Bertz CT molecular complexity index is 585. The first-order valence-corrected chi connectivity index (χ1v) is 6.76. The molecule has 0 heterocycles. The van der Waals surface area contributed by atoms with Gasteiger partial charge >= 0.3 is 0 Å². The summed E-state index contributed by atoms with van der Waals surface area (Å²) >= 11 is 0. The molecule has 2 N–H and O–H groups in total. The third-order valence-corrected chi connectivity index (χ3v) is 3.49. The van der Waals surface area contributed by atoms with E-state index >= 15 is 0 Å². The van der Waals surface area contributed by atoms with Crippen LogP contribution in [0.15, 0.2) is 48.5 Å². The molecule has 0 amide bonds. The van der Waals surface area contributed by atoms with Crippen LogP contribution in [0.5, 0.6) is 5.75 Å². The van der Waals surface area contributed by atoms with E-state index in [9.17, 15) is 4.39 Å². The Morgan fingerprint density at radius 1 is 1.15 bits per heavy atom. The highest BCUT2D eigenvalue weighted by Crippen LogP contribution is 2.32. The molecule has 0 aromatic heterocycles. The maximum atomic E-state index is 13.5. The number of aryl methyl sites for hydroxylation is 1. The summed E-state index contributed by atoms with van der Waals surface area (Å²) in [5, 5.41) is 0. The largest absolute Gasteiger partial charge is 0.483 e. The van der Waals surface area contributed by atoms with Gasteiger partial charge in [-0.1, -0.05) is 30.3 Å². The molecule has 2 aromatic carbocycles. The molecule has 0 aliphatic carbocycles. The number of hydrogen-bond acceptors (Lipinski definition) is 2. The average molecular weight is 273 g/mol. The Morgan fingerprint density at radius 3 is 2.55 bits per heavy atom. The minimum atomic E-state index is -0.636. The first kappa shape index (κ1) is 14.5. The third-order valence-electron chi connectivity index (χ3n) is 3.49. The summed E-state index contributed by atoms with van der Waals surface area (Å²) < 4.78 is 19.6. The van der Waals surface area contributed by atoms with Crippen LogP contribution < -0.4 is 10.5 Å². The fourth-order valence-corrected chi connectivity index (χ4v) is 2.26. The number of nitrogens with two attached hydrogens (primary N) is 1. The number of benzene rings is 2. The molecular formula is C17H20FNO. The van der Waals surface area contributed by atoms with E-state index in [-0.39, 0.29) is 5.82 Å². The molecule has 2 aromatic rings. The molecule has 106 valence electrons. The van der Waals surface area contributed by atoms with Crippen molar-refractivity contribution in [2.24, 2.45) is 5.73 Å². The fraction of sp³-hybridized carbons (Fsp3) is 0.294. The van der Waals surface area contributed by atoms with Crippen molar-refractivity contribution in [1.29, 1.82) is 0 Å². The van der Waals surface area contributed by atoms with Gasteiger partial charge in [0.1, 0.15) is 17.2 Å². The average Bonchev–Trinajstić information content (AvgIpc) is 2.42. The van der Waals surface area contributed by atoms with E-state index in [4.69, 9.17) is 10.5 Å². The van der Waals surface area contributed by atoms with Crippen molar-refractivity contribution >= 4 is 0 Å². The van der Waals surface area contributed by atoms with Gasteiger partial charge in [-0.15, -0.1) is 0 Å². The molecule has 0 bridgehead atoms. The van der Waals surface area contributed by atoms with E-state index in [2.05, 4.69) is 0 Å². The maximum absolute atomic E-state index is 13.5. The Labute approximate surface area is 119 Å². The highest BCUT2D eigenvalue weighted by molar-refractivity contribution is 5.34. The molecule has 0 spiro atoms. The van der Waals surface area contributed by atoms with Gasteiger partial charge in [-0.05, 0) is 49.7 Å². The van der Waals surface area contributed by atoms with Crippen LogP contribution in [0, 0.1) is 12.7 Å². The van der Waals surface area contributed by atoms with Gasteiger partial charge in [-0.3, -0.25) is 0 Å². The Hall–Kier alpha value is -1.87. The quantitative estimate of drug-likeness (QED) is 0.899. The summed E-state index contributed by atoms with van der Waals surface area (Å²) in [6.45, 7) is 4.41. The zero-order chi connectivity index (χ0) is 14.6. The summed E-state index contributed by atoms with van der Waals surface area (Å²) in [7, 11) is 0. The molecule has 20 heavy (non-hydrogen) atoms. The molecule has 0 radical (unpaired) electrons. The molecular weight excluding hydrogens is 253 g/mol. The van der Waals surface area contributed by atoms with Gasteiger partial charge in [0.2, 0.25) is 0 Å². The number of halogens is 1. The van der Waals surface area contributed by atoms with E-state index in [1.54, 1.807) is 6.07 Å². The first-order chi connectivity index (χ1) is 9.55. The number of ether oxygens (including phenoxy) is 1. The smallest absolute Gasteiger partial charge is 0.132 e. The van der Waals surface area contributed by atoms with Crippen LogP contribution in [0.2, 0.25) is 0 Å². The summed E-state index contributed by atoms with van der Waals surface area (Å²) in [5.74, 6) is 0.534. The minimum Gasteiger partial charge on any atom is -0.483 e. The summed E-state index contributed by atoms with van der Waals surface area (Å²) in [6, 6.07) is 14.3. The lowest BCUT2D eigenvalue weighted by atomic mass is 9.92. The van der Waals surface area contributed by atoms with Gasteiger partial charge in [-0.25, -0.2) is 4.39 Å². The Balaban J connectivity index is 2.37. The second-order valence-electron chi connectivity index (χ2n) is 5.15. The van der Waals surface area contributed by atoms with Crippen LogP contribution >= 0.6 is 0 Å². The Morgan fingerprint density at radius 2 is 1.90 bits per heavy atom. The van der Waals surface area contributed by atoms with Crippen molar-refractivity contribution in [3.8, 4) is 5.75 Å². The van der Waals surface area contributed by atoms with Gasteiger partial charge in [0.15, 0.2) is 0 Å². The minimum absolute atomic E-state index is 0.265. The second-order valence-corrected chi connectivity index (χ2v) is 5.15. The van der Waals surface area contributed by atoms with E-state index in [0.717, 1.165) is 16.9 Å². The monoisotopic (exact) mass is 273 g/mol. The molecule has 3 heteroatoms. The molecule has 1 unspecified atom stereocenters. The van der Waals surface area contributed by atoms with Crippen molar-refractivity contribution in [1.82, 2.24) is 0 Å². The van der Waals surface area contributed by atoms with Crippen LogP contribution in [0.3, 0.4) is 0 Å². The molecule has 0 saturated heterocycles. The highest BCUT2D eigenvalue weighted by atomic mass is 19.1. The second kappa shape index (κ2) is 6.06. The van der Waals surface area contributed by atoms with Crippen molar-refractivity contribution in [2.45, 2.75) is 25.9 Å². The lowest BCUT2D eigenvalue weighted by molar-refractivity contribution is 0.0785. The standard InChI is InChI=1S/C17H20FNO/c1-13-6-3-4-9-16(13)20-17(2,10-11-19)14-7-5-8-15(18)12-14/h3-9,12H,10-11,19H2,1-2H3. The number of rotatable bonds is 5. The van der Waals surface area contributed by atoms with Crippen molar-refractivity contribution in [3.05, 3.63) is 65.5 Å². The highest BCUT2D eigenvalue weighted by Gasteiger charge is 2.29. The zero-order valence-electron chi connectivity index (χ0n) is 11.9. The number of hydrogen-bond donors (Lipinski definition) is 1. The summed E-state index contributed by atoms with van der Waals surface area (Å²) in [5.41, 5.74) is 6.92. The van der Waals surface area contributed by atoms with Crippen molar-refractivity contribution < 1.29 is 9.13 Å². The molecule has 0 aliphatic heterocycles. The van der Waals surface area contributed by atoms with Crippen molar-refractivity contribution in [3.63, 3.8) is 0 Å². The third kappa shape index (κ3) is 3.17. The van der Waals surface area contributed by atoms with Crippen LogP contribution in [0.4, 0.5) is 4.39 Å². The van der Waals surface area contributed by atoms with Crippen LogP contribution in [0.1, 0.15) is 24.5 Å². The normalized spacial score (nSPS) is 13.8. The molecule has 2 nitrogen and oxygen atoms in total. The van der Waals surface area contributed by atoms with Crippen LogP contribution in [0.25, 0.3) is 0 Å². The SMILES string of the molecule is Cc1ccccc1OC(C)(CCN)c1cccc(F)c1. The van der Waals surface area contributed by atoms with Crippen LogP contribution in [-0.2, 0) is 5.60 Å². The van der Waals surface area contributed by atoms with Gasteiger partial charge in [-0.2, -0.15) is 0 Å². The molecule has 2 rings (SSSR count). The molecule has 0 saturated carbocycles.